The zero-order valence-electron chi connectivity index (χ0n) is 11.2. The van der Waals surface area contributed by atoms with Crippen molar-refractivity contribution in [1.82, 2.24) is 19.8 Å². The molecule has 2 atom stereocenters. The number of nitrogens with two attached hydrogens (primary N) is 1. The summed E-state index contributed by atoms with van der Waals surface area (Å²) in [4.78, 5) is 0.854. The molecule has 0 aliphatic carbocycles. The molecule has 3 rings (SSSR count). The molecule has 6 nitrogen and oxygen atoms in total. The molecule has 2 N–H and O–H groups in total. The third-order valence-corrected chi connectivity index (χ3v) is 4.54. The van der Waals surface area contributed by atoms with Crippen molar-refractivity contribution in [3.8, 4) is 0 Å². The zero-order chi connectivity index (χ0) is 13.4. The average Bonchev–Trinajstić information content (AvgIpc) is 3.02. The molecular weight excluding hydrogens is 262 g/mol. The van der Waals surface area contributed by atoms with Gasteiger partial charge in [0.1, 0.15) is 5.01 Å². The number of ether oxygens (including phenoxy) is 1. The zero-order valence-corrected chi connectivity index (χ0v) is 12.1. The fourth-order valence-electron chi connectivity index (χ4n) is 2.18. The van der Waals surface area contributed by atoms with E-state index < -0.39 is 0 Å². The SMILES string of the molecule is CC(C)C(N)Cc1nn2c(C3CCOC3)nnc2s1. The highest BCUT2D eigenvalue weighted by atomic mass is 32.1. The Labute approximate surface area is 116 Å². The summed E-state index contributed by atoms with van der Waals surface area (Å²) >= 11 is 1.58. The van der Waals surface area contributed by atoms with Gasteiger partial charge in [-0.1, -0.05) is 25.2 Å². The topological polar surface area (TPSA) is 78.3 Å². The summed E-state index contributed by atoms with van der Waals surface area (Å²) in [6.45, 7) is 5.78. The third kappa shape index (κ3) is 2.50. The maximum Gasteiger partial charge on any atom is 0.234 e. The van der Waals surface area contributed by atoms with E-state index in [-0.39, 0.29) is 6.04 Å². The average molecular weight is 281 g/mol. The Morgan fingerprint density at radius 1 is 1.47 bits per heavy atom. The van der Waals surface area contributed by atoms with Crippen molar-refractivity contribution < 1.29 is 4.74 Å². The molecule has 0 saturated carbocycles. The second-order valence-corrected chi connectivity index (χ2v) is 6.46. The minimum absolute atomic E-state index is 0.141. The van der Waals surface area contributed by atoms with E-state index in [1.54, 1.807) is 11.3 Å². The van der Waals surface area contributed by atoms with Crippen LogP contribution in [0.25, 0.3) is 4.96 Å². The minimum atomic E-state index is 0.141. The second-order valence-electron chi connectivity index (χ2n) is 5.42. The van der Waals surface area contributed by atoms with Crippen molar-refractivity contribution in [2.24, 2.45) is 11.7 Å². The minimum Gasteiger partial charge on any atom is -0.381 e. The highest BCUT2D eigenvalue weighted by molar-refractivity contribution is 7.16. The molecule has 104 valence electrons. The Kier molecular flexibility index (Phi) is 3.51. The third-order valence-electron chi connectivity index (χ3n) is 3.62. The Hall–Kier alpha value is -1.05. The van der Waals surface area contributed by atoms with E-state index in [4.69, 9.17) is 10.5 Å². The summed E-state index contributed by atoms with van der Waals surface area (Å²) in [5.74, 6) is 1.70. The van der Waals surface area contributed by atoms with Crippen LogP contribution in [0.2, 0.25) is 0 Å². The monoisotopic (exact) mass is 281 g/mol. The van der Waals surface area contributed by atoms with Crippen molar-refractivity contribution in [3.05, 3.63) is 10.8 Å². The van der Waals surface area contributed by atoms with Crippen molar-refractivity contribution in [3.63, 3.8) is 0 Å². The maximum atomic E-state index is 6.10. The molecule has 2 aromatic heterocycles. The fourth-order valence-corrected chi connectivity index (χ4v) is 3.10. The van der Waals surface area contributed by atoms with Crippen LogP contribution in [0.3, 0.4) is 0 Å². The Morgan fingerprint density at radius 2 is 2.32 bits per heavy atom. The molecule has 7 heteroatoms. The number of hydrogen-bond acceptors (Lipinski definition) is 6. The number of nitrogens with zero attached hydrogens (tertiary/aromatic N) is 4. The van der Waals surface area contributed by atoms with Crippen LogP contribution < -0.4 is 5.73 Å². The van der Waals surface area contributed by atoms with Gasteiger partial charge >= 0.3 is 0 Å². The lowest BCUT2D eigenvalue weighted by molar-refractivity contribution is 0.193. The number of aromatic nitrogens is 4. The van der Waals surface area contributed by atoms with E-state index in [2.05, 4.69) is 29.1 Å². The van der Waals surface area contributed by atoms with E-state index >= 15 is 0 Å². The molecule has 0 spiro atoms. The fraction of sp³-hybridized carbons (Fsp3) is 0.750. The van der Waals surface area contributed by atoms with E-state index in [0.29, 0.717) is 11.8 Å². The molecule has 0 amide bonds. The lowest BCUT2D eigenvalue weighted by atomic mass is 10.0. The molecule has 0 radical (unpaired) electrons. The van der Waals surface area contributed by atoms with Crippen LogP contribution in [0.4, 0.5) is 0 Å². The predicted octanol–water partition coefficient (Wildman–Crippen LogP) is 1.22. The van der Waals surface area contributed by atoms with Crippen molar-refractivity contribution in [2.45, 2.75) is 38.6 Å². The highest BCUT2D eigenvalue weighted by Crippen LogP contribution is 2.26. The molecule has 3 heterocycles. The number of hydrogen-bond donors (Lipinski definition) is 1. The van der Waals surface area contributed by atoms with Crippen LogP contribution >= 0.6 is 11.3 Å². The first kappa shape index (κ1) is 13.0. The summed E-state index contributed by atoms with van der Waals surface area (Å²) in [5.41, 5.74) is 6.10. The molecule has 1 aliphatic rings. The van der Waals surface area contributed by atoms with Crippen LogP contribution in [0.15, 0.2) is 0 Å². The molecule has 2 unspecified atom stereocenters. The Bertz CT molecular complexity index is 557. The molecule has 0 aromatic carbocycles. The van der Waals surface area contributed by atoms with E-state index in [1.165, 1.54) is 0 Å². The van der Waals surface area contributed by atoms with Crippen LogP contribution in [0.1, 0.15) is 37.0 Å². The van der Waals surface area contributed by atoms with Crippen LogP contribution in [-0.2, 0) is 11.2 Å². The van der Waals surface area contributed by atoms with Crippen LogP contribution in [0.5, 0.6) is 0 Å². The molecule has 2 aromatic rings. The molecule has 1 saturated heterocycles. The largest absolute Gasteiger partial charge is 0.381 e. The lowest BCUT2D eigenvalue weighted by Crippen LogP contribution is -2.28. The molecule has 1 aliphatic heterocycles. The van der Waals surface area contributed by atoms with Crippen molar-refractivity contribution >= 4 is 16.3 Å². The molecule has 0 bridgehead atoms. The summed E-state index contributed by atoms with van der Waals surface area (Å²) < 4.78 is 7.27. The van der Waals surface area contributed by atoms with Gasteiger partial charge in [0.15, 0.2) is 5.82 Å². The Morgan fingerprint density at radius 3 is 3.00 bits per heavy atom. The van der Waals surface area contributed by atoms with Gasteiger partial charge in [-0.05, 0) is 12.3 Å². The van der Waals surface area contributed by atoms with Gasteiger partial charge in [-0.2, -0.15) is 9.61 Å². The van der Waals surface area contributed by atoms with Gasteiger partial charge in [-0.15, -0.1) is 10.2 Å². The maximum absolute atomic E-state index is 6.10. The van der Waals surface area contributed by atoms with E-state index in [1.807, 2.05) is 4.52 Å². The first-order valence-corrected chi connectivity index (χ1v) is 7.51. The second kappa shape index (κ2) is 5.15. The predicted molar refractivity (Wildman–Crippen MR) is 73.4 cm³/mol. The van der Waals surface area contributed by atoms with Gasteiger partial charge in [0.2, 0.25) is 4.96 Å². The standard InChI is InChI=1S/C12H19N5OS/c1-7(2)9(13)5-10-16-17-11(8-3-4-18-6-8)14-15-12(17)19-10/h7-9H,3-6,13H2,1-2H3. The summed E-state index contributed by atoms with van der Waals surface area (Å²) in [7, 11) is 0. The van der Waals surface area contributed by atoms with Crippen molar-refractivity contribution in [1.29, 1.82) is 0 Å². The van der Waals surface area contributed by atoms with E-state index in [0.717, 1.165) is 41.8 Å². The quantitative estimate of drug-likeness (QED) is 0.911. The van der Waals surface area contributed by atoms with Gasteiger partial charge in [0.05, 0.1) is 6.61 Å². The van der Waals surface area contributed by atoms with Crippen molar-refractivity contribution in [2.75, 3.05) is 13.2 Å². The van der Waals surface area contributed by atoms with E-state index in [9.17, 15) is 0 Å². The molecule has 19 heavy (non-hydrogen) atoms. The van der Waals surface area contributed by atoms with Crippen LogP contribution in [0, 0.1) is 5.92 Å². The lowest BCUT2D eigenvalue weighted by Gasteiger charge is -2.12. The first-order valence-electron chi connectivity index (χ1n) is 6.69. The van der Waals surface area contributed by atoms with Gasteiger partial charge in [0, 0.05) is 25.0 Å². The van der Waals surface area contributed by atoms with Gasteiger partial charge in [-0.25, -0.2) is 0 Å². The summed E-state index contributed by atoms with van der Waals surface area (Å²) in [5, 5.41) is 14.1. The molecule has 1 fully saturated rings. The Balaban J connectivity index is 1.85. The highest BCUT2D eigenvalue weighted by Gasteiger charge is 2.25. The molecular formula is C12H19N5OS. The number of fused-ring (bicyclic) bond motifs is 1. The van der Waals surface area contributed by atoms with Crippen LogP contribution in [-0.4, -0.2) is 39.1 Å². The smallest absolute Gasteiger partial charge is 0.234 e. The first-order chi connectivity index (χ1) is 9.15. The summed E-state index contributed by atoms with van der Waals surface area (Å²) in [6.07, 6.45) is 1.80. The van der Waals surface area contributed by atoms with Gasteiger partial charge < -0.3 is 10.5 Å². The number of rotatable bonds is 4. The normalized spacial score (nSPS) is 21.6. The van der Waals surface area contributed by atoms with Gasteiger partial charge in [0.25, 0.3) is 0 Å². The van der Waals surface area contributed by atoms with Gasteiger partial charge in [-0.3, -0.25) is 0 Å². The summed E-state index contributed by atoms with van der Waals surface area (Å²) in [6, 6.07) is 0.141.